The Bertz CT molecular complexity index is 1190. The maximum atomic E-state index is 6.51. The summed E-state index contributed by atoms with van der Waals surface area (Å²) in [6.45, 7) is 0. The molecule has 0 amide bonds. The van der Waals surface area contributed by atoms with E-state index in [2.05, 4.69) is 22.6 Å². The predicted octanol–water partition coefficient (Wildman–Crippen LogP) is 6.11. The molecule has 0 saturated carbocycles. The molecular formula is C21H14Cl2IN3O. The lowest BCUT2D eigenvalue weighted by atomic mass is 10.0. The van der Waals surface area contributed by atoms with Crippen molar-refractivity contribution in [3.63, 3.8) is 0 Å². The van der Waals surface area contributed by atoms with Gasteiger partial charge >= 0.3 is 0 Å². The Morgan fingerprint density at radius 2 is 1.89 bits per heavy atom. The normalized spacial score (nSPS) is 15.6. The van der Waals surface area contributed by atoms with E-state index in [1.54, 1.807) is 0 Å². The van der Waals surface area contributed by atoms with Gasteiger partial charge in [0.25, 0.3) is 0 Å². The molecule has 1 unspecified atom stereocenters. The third-order valence-electron chi connectivity index (χ3n) is 4.83. The molecule has 0 N–H and O–H groups in total. The van der Waals surface area contributed by atoms with Gasteiger partial charge in [-0.05, 0) is 23.8 Å². The minimum absolute atomic E-state index is 0.148. The van der Waals surface area contributed by atoms with Crippen LogP contribution in [0.15, 0.2) is 54.7 Å². The number of fused-ring (bicyclic) bond motifs is 3. The van der Waals surface area contributed by atoms with E-state index < -0.39 is 0 Å². The molecule has 7 heteroatoms. The first-order valence-electron chi connectivity index (χ1n) is 8.80. The summed E-state index contributed by atoms with van der Waals surface area (Å²) in [5, 5.41) is 6.22. The first kappa shape index (κ1) is 18.2. The van der Waals surface area contributed by atoms with E-state index in [9.17, 15) is 0 Å². The van der Waals surface area contributed by atoms with Crippen LogP contribution in [-0.2, 0) is 6.42 Å². The molecular weight excluding hydrogens is 508 g/mol. The van der Waals surface area contributed by atoms with Gasteiger partial charge in [-0.25, -0.2) is 4.98 Å². The smallest absolute Gasteiger partial charge is 0.221 e. The minimum atomic E-state index is 0.148. The molecule has 1 aliphatic rings. The summed E-state index contributed by atoms with van der Waals surface area (Å²) >= 11 is 15.0. The van der Waals surface area contributed by atoms with Crippen LogP contribution in [0.3, 0.4) is 0 Å². The highest BCUT2D eigenvalue weighted by molar-refractivity contribution is 14.1. The summed E-state index contributed by atoms with van der Waals surface area (Å²) in [5.41, 5.74) is 5.33. The molecule has 4 aromatic rings. The summed E-state index contributed by atoms with van der Waals surface area (Å²) in [6.07, 6.45) is 2.89. The lowest BCUT2D eigenvalue weighted by Crippen LogP contribution is -2.14. The van der Waals surface area contributed by atoms with Crippen molar-refractivity contribution < 1.29 is 4.74 Å². The van der Waals surface area contributed by atoms with Crippen LogP contribution in [0.4, 0.5) is 0 Å². The highest BCUT2D eigenvalue weighted by Crippen LogP contribution is 2.40. The number of rotatable bonds is 3. The molecule has 0 bridgehead atoms. The van der Waals surface area contributed by atoms with E-state index in [1.165, 1.54) is 0 Å². The summed E-state index contributed by atoms with van der Waals surface area (Å²) in [5.74, 6) is 0.764. The molecule has 0 fully saturated rings. The number of hydrogen-bond donors (Lipinski definition) is 0. The molecule has 4 nitrogen and oxygen atoms in total. The van der Waals surface area contributed by atoms with Crippen LogP contribution in [0.2, 0.25) is 10.0 Å². The van der Waals surface area contributed by atoms with Gasteiger partial charge in [0.2, 0.25) is 5.88 Å². The molecule has 140 valence electrons. The molecule has 2 aromatic heterocycles. The number of halogens is 3. The van der Waals surface area contributed by atoms with Crippen LogP contribution in [0, 0.1) is 0 Å². The van der Waals surface area contributed by atoms with E-state index in [4.69, 9.17) is 38.0 Å². The lowest BCUT2D eigenvalue weighted by molar-refractivity contribution is 0.248. The van der Waals surface area contributed by atoms with Crippen molar-refractivity contribution in [1.82, 2.24) is 14.6 Å². The lowest BCUT2D eigenvalue weighted by Gasteiger charge is -2.06. The SMILES string of the molecule is Clc1ccc(-c2c(-c3ccccc3Cl)nn3c4c(cnc23)CC(CI)O4)cc1. The van der Waals surface area contributed by atoms with Crippen LogP contribution in [0.1, 0.15) is 5.56 Å². The number of ether oxygens (including phenoxy) is 1. The fourth-order valence-electron chi connectivity index (χ4n) is 3.52. The average Bonchev–Trinajstić information content (AvgIpc) is 3.30. The van der Waals surface area contributed by atoms with Crippen molar-refractivity contribution in [2.24, 2.45) is 0 Å². The number of hydrogen-bond acceptors (Lipinski definition) is 3. The summed E-state index contributed by atoms with van der Waals surface area (Å²) in [6, 6.07) is 15.4. The highest BCUT2D eigenvalue weighted by Gasteiger charge is 2.28. The second-order valence-corrected chi connectivity index (χ2v) is 8.36. The van der Waals surface area contributed by atoms with Crippen LogP contribution >= 0.6 is 45.8 Å². The van der Waals surface area contributed by atoms with Gasteiger partial charge in [-0.15, -0.1) is 0 Å². The van der Waals surface area contributed by atoms with E-state index in [-0.39, 0.29) is 6.10 Å². The van der Waals surface area contributed by atoms with Crippen LogP contribution in [-0.4, -0.2) is 25.1 Å². The zero-order valence-corrected chi connectivity index (χ0v) is 18.2. The van der Waals surface area contributed by atoms with Gasteiger partial charge in [0, 0.05) is 33.2 Å². The third kappa shape index (κ3) is 2.96. The predicted molar refractivity (Wildman–Crippen MR) is 121 cm³/mol. The zero-order valence-electron chi connectivity index (χ0n) is 14.6. The highest BCUT2D eigenvalue weighted by atomic mass is 127. The number of nitrogens with zero attached hydrogens (tertiary/aromatic N) is 3. The Morgan fingerprint density at radius 1 is 1.11 bits per heavy atom. The van der Waals surface area contributed by atoms with Crippen LogP contribution < -0.4 is 4.74 Å². The number of aromatic nitrogens is 3. The molecule has 1 aliphatic heterocycles. The van der Waals surface area contributed by atoms with Crippen molar-refractivity contribution in [2.45, 2.75) is 12.5 Å². The van der Waals surface area contributed by atoms with Crippen molar-refractivity contribution >= 4 is 51.4 Å². The molecule has 0 saturated heterocycles. The molecule has 0 radical (unpaired) electrons. The largest absolute Gasteiger partial charge is 0.473 e. The summed E-state index contributed by atoms with van der Waals surface area (Å²) < 4.78 is 8.88. The second kappa shape index (κ2) is 7.21. The fraction of sp³-hybridized carbons (Fsp3) is 0.143. The summed E-state index contributed by atoms with van der Waals surface area (Å²) in [7, 11) is 0. The quantitative estimate of drug-likeness (QED) is 0.241. The van der Waals surface area contributed by atoms with Crippen LogP contribution in [0.25, 0.3) is 28.0 Å². The van der Waals surface area contributed by atoms with E-state index in [0.717, 1.165) is 50.3 Å². The van der Waals surface area contributed by atoms with Gasteiger partial charge in [0.05, 0.1) is 10.6 Å². The van der Waals surface area contributed by atoms with Crippen LogP contribution in [0.5, 0.6) is 5.88 Å². The number of alkyl halides is 1. The Morgan fingerprint density at radius 3 is 2.64 bits per heavy atom. The molecule has 1 atom stereocenters. The molecule has 3 heterocycles. The number of benzene rings is 2. The van der Waals surface area contributed by atoms with Crippen molar-refractivity contribution in [1.29, 1.82) is 0 Å². The second-order valence-electron chi connectivity index (χ2n) is 6.63. The van der Waals surface area contributed by atoms with Gasteiger partial charge in [-0.2, -0.15) is 9.61 Å². The average molecular weight is 522 g/mol. The Hall–Kier alpha value is -1.83. The standard InChI is InChI=1S/C21H14Cl2IN3O/c22-14-7-5-12(6-8-14)18-19(16-3-1-2-4-17(16)23)26-27-20(18)25-11-13-9-15(10-24)28-21(13)27/h1-8,11,15H,9-10H2. The molecule has 2 aromatic carbocycles. The Kier molecular flexibility index (Phi) is 4.69. The van der Waals surface area contributed by atoms with E-state index in [1.807, 2.05) is 59.2 Å². The van der Waals surface area contributed by atoms with E-state index >= 15 is 0 Å². The van der Waals surface area contributed by atoms with Gasteiger partial charge in [0.15, 0.2) is 5.65 Å². The van der Waals surface area contributed by atoms with Crippen molar-refractivity contribution in [2.75, 3.05) is 4.43 Å². The van der Waals surface area contributed by atoms with Gasteiger partial charge in [0.1, 0.15) is 11.8 Å². The van der Waals surface area contributed by atoms with Crippen molar-refractivity contribution in [3.05, 3.63) is 70.3 Å². The van der Waals surface area contributed by atoms with Gasteiger partial charge < -0.3 is 4.74 Å². The summed E-state index contributed by atoms with van der Waals surface area (Å²) in [4.78, 5) is 4.74. The Balaban J connectivity index is 1.82. The topological polar surface area (TPSA) is 39.4 Å². The first-order chi connectivity index (χ1) is 13.7. The van der Waals surface area contributed by atoms with Gasteiger partial charge in [-0.3, -0.25) is 0 Å². The minimum Gasteiger partial charge on any atom is -0.473 e. The Labute approximate surface area is 185 Å². The zero-order chi connectivity index (χ0) is 19.3. The molecule has 5 rings (SSSR count). The monoisotopic (exact) mass is 521 g/mol. The molecule has 0 aliphatic carbocycles. The molecule has 0 spiro atoms. The maximum absolute atomic E-state index is 6.51. The third-order valence-corrected chi connectivity index (χ3v) is 6.39. The molecule has 28 heavy (non-hydrogen) atoms. The maximum Gasteiger partial charge on any atom is 0.221 e. The first-order valence-corrected chi connectivity index (χ1v) is 11.1. The fourth-order valence-corrected chi connectivity index (χ4v) is 4.36. The van der Waals surface area contributed by atoms with Crippen molar-refractivity contribution in [3.8, 4) is 28.3 Å². The van der Waals surface area contributed by atoms with Gasteiger partial charge in [-0.1, -0.05) is 76.1 Å². The van der Waals surface area contributed by atoms with E-state index in [0.29, 0.717) is 10.0 Å².